The van der Waals surface area contributed by atoms with Gasteiger partial charge in [0, 0.05) is 40.5 Å². The molecule has 38 heavy (non-hydrogen) atoms. The van der Waals surface area contributed by atoms with Crippen molar-refractivity contribution in [3.8, 4) is 0 Å². The molecule has 0 aliphatic carbocycles. The van der Waals surface area contributed by atoms with Gasteiger partial charge in [0.25, 0.3) is 0 Å². The molecule has 0 saturated heterocycles. The molecule has 0 rings (SSSR count). The van der Waals surface area contributed by atoms with Crippen LogP contribution in [0.4, 0.5) is 0 Å². The normalized spacial score (nSPS) is 12.1. The van der Waals surface area contributed by atoms with Gasteiger partial charge in [-0.15, -0.1) is 0 Å². The van der Waals surface area contributed by atoms with Gasteiger partial charge in [-0.25, -0.2) is 0 Å². The van der Waals surface area contributed by atoms with Gasteiger partial charge >= 0.3 is 0 Å². The maximum absolute atomic E-state index is 6.23. The highest BCUT2D eigenvalue weighted by Crippen LogP contribution is 2.47. The lowest BCUT2D eigenvalue weighted by Crippen LogP contribution is -3.00. The van der Waals surface area contributed by atoms with E-state index >= 15 is 0 Å². The van der Waals surface area contributed by atoms with Gasteiger partial charge in [-0.2, -0.15) is 0 Å². The quantitative estimate of drug-likeness (QED) is 0.0251. The number of hydrogen-bond donors (Lipinski definition) is 0. The minimum atomic E-state index is -0.593. The van der Waals surface area contributed by atoms with E-state index in [1.165, 1.54) is 147 Å². The molecule has 0 saturated carbocycles. The molecule has 0 aromatic carbocycles. The lowest BCUT2D eigenvalue weighted by atomic mass is 10.1. The third-order valence-corrected chi connectivity index (χ3v) is 8.94. The van der Waals surface area contributed by atoms with Crippen LogP contribution in [-0.2, 0) is 9.47 Å². The van der Waals surface area contributed by atoms with Gasteiger partial charge in [-0.05, 0) is 51.4 Å². The van der Waals surface area contributed by atoms with Gasteiger partial charge in [0.1, 0.15) is 0 Å². The molecule has 0 atom stereocenters. The largest absolute Gasteiger partial charge is 1.00 e. The first kappa shape index (κ1) is 41.0. The van der Waals surface area contributed by atoms with Gasteiger partial charge in [0.2, 0.25) is 0 Å². The fraction of sp³-hybridized carbons (Fsp3) is 0.941. The predicted octanol–water partition coefficient (Wildman–Crippen LogP) is 8.83. The van der Waals surface area contributed by atoms with E-state index in [9.17, 15) is 0 Å². The lowest BCUT2D eigenvalue weighted by Gasteiger charge is -2.19. The Balaban J connectivity index is 0. The van der Waals surface area contributed by atoms with Crippen molar-refractivity contribution in [3.05, 3.63) is 12.2 Å². The summed E-state index contributed by atoms with van der Waals surface area (Å²) < 4.78 is 12.5. The maximum Gasteiger partial charge on any atom is 0.157 e. The van der Waals surface area contributed by atoms with E-state index in [1.807, 2.05) is 0 Å². The lowest BCUT2D eigenvalue weighted by molar-refractivity contribution is -0.148. The molecule has 230 valence electrons. The van der Waals surface area contributed by atoms with Gasteiger partial charge < -0.3 is 33.5 Å². The Morgan fingerprint density at radius 2 is 0.895 bits per heavy atom. The zero-order chi connectivity index (χ0) is 27.3. The summed E-state index contributed by atoms with van der Waals surface area (Å²) in [7, 11) is -0.593. The van der Waals surface area contributed by atoms with Gasteiger partial charge in [-0.3, -0.25) is 0 Å². The second-order valence-electron chi connectivity index (χ2n) is 12.4. The summed E-state index contributed by atoms with van der Waals surface area (Å²) in [5.41, 5.74) is 0. The van der Waals surface area contributed by atoms with Crippen LogP contribution >= 0.6 is 7.26 Å². The standard InChI is InChI=1S/C34H70O2P.HI/c1-6-8-10-12-14-19-23-27-31-35-34(36-32-28-24-20-15-13-11-9-7-2)30-26-22-18-16-17-21-25-29-33-37(3,4)5;/h17,21,34H,6-16,18-20,22-33H2,1-5H3;1H/q+1;/p-1/b21-17-;. The first-order chi connectivity index (χ1) is 18.0. The Bertz CT molecular complexity index is 442. The van der Waals surface area contributed by atoms with E-state index in [4.69, 9.17) is 9.47 Å². The van der Waals surface area contributed by atoms with Crippen molar-refractivity contribution in [1.82, 2.24) is 0 Å². The molecule has 0 aliphatic heterocycles. The Morgan fingerprint density at radius 3 is 1.34 bits per heavy atom. The van der Waals surface area contributed by atoms with Crippen LogP contribution in [0, 0.1) is 0 Å². The van der Waals surface area contributed by atoms with Gasteiger partial charge in [0.05, 0.1) is 6.16 Å². The van der Waals surface area contributed by atoms with Crippen molar-refractivity contribution in [2.45, 2.75) is 168 Å². The average Bonchev–Trinajstić information content (AvgIpc) is 2.86. The van der Waals surface area contributed by atoms with Crippen LogP contribution in [-0.4, -0.2) is 45.7 Å². The van der Waals surface area contributed by atoms with Crippen molar-refractivity contribution in [3.63, 3.8) is 0 Å². The van der Waals surface area contributed by atoms with E-state index in [1.54, 1.807) is 0 Å². The topological polar surface area (TPSA) is 18.5 Å². The van der Waals surface area contributed by atoms with Gasteiger partial charge in [0.15, 0.2) is 6.29 Å². The molecule has 0 spiro atoms. The molecule has 2 nitrogen and oxygen atoms in total. The maximum atomic E-state index is 6.23. The highest BCUT2D eigenvalue weighted by atomic mass is 127. The van der Waals surface area contributed by atoms with Crippen molar-refractivity contribution in [2.75, 3.05) is 39.4 Å². The fourth-order valence-electron chi connectivity index (χ4n) is 4.79. The number of ether oxygens (including phenoxy) is 2. The molecule has 0 aliphatic rings. The van der Waals surface area contributed by atoms with E-state index in [0.717, 1.165) is 19.6 Å². The van der Waals surface area contributed by atoms with E-state index in [-0.39, 0.29) is 30.3 Å². The molecule has 0 aromatic rings. The Hall–Kier alpha value is 0.820. The van der Waals surface area contributed by atoms with Crippen LogP contribution in [0.15, 0.2) is 12.2 Å². The fourth-order valence-corrected chi connectivity index (χ4v) is 5.92. The smallest absolute Gasteiger partial charge is 0.157 e. The number of allylic oxidation sites excluding steroid dienone is 2. The number of unbranched alkanes of at least 4 members (excludes halogenated alkanes) is 18. The minimum absolute atomic E-state index is 0. The van der Waals surface area contributed by atoms with Crippen LogP contribution in [0.3, 0.4) is 0 Å². The summed E-state index contributed by atoms with van der Waals surface area (Å²) >= 11 is 0. The van der Waals surface area contributed by atoms with Crippen LogP contribution < -0.4 is 24.0 Å². The molecule has 0 bridgehead atoms. The molecule has 0 amide bonds. The Morgan fingerprint density at radius 1 is 0.500 bits per heavy atom. The zero-order valence-corrected chi connectivity index (χ0v) is 29.8. The average molecular weight is 669 g/mol. The minimum Gasteiger partial charge on any atom is -1.00 e. The van der Waals surface area contributed by atoms with Crippen LogP contribution in [0.1, 0.15) is 162 Å². The number of halogens is 1. The molecule has 0 fully saturated rings. The van der Waals surface area contributed by atoms with E-state index < -0.39 is 7.26 Å². The second kappa shape index (κ2) is 32.3. The number of rotatable bonds is 30. The molecule has 0 unspecified atom stereocenters. The summed E-state index contributed by atoms with van der Waals surface area (Å²) in [6.07, 6.45) is 36.6. The molecule has 0 N–H and O–H groups in total. The van der Waals surface area contributed by atoms with E-state index in [0.29, 0.717) is 0 Å². The highest BCUT2D eigenvalue weighted by molar-refractivity contribution is 7.73. The summed E-state index contributed by atoms with van der Waals surface area (Å²) in [5, 5.41) is 0. The van der Waals surface area contributed by atoms with Crippen molar-refractivity contribution < 1.29 is 33.5 Å². The Labute approximate surface area is 259 Å². The van der Waals surface area contributed by atoms with Crippen molar-refractivity contribution in [1.29, 1.82) is 0 Å². The summed E-state index contributed by atoms with van der Waals surface area (Å²) in [5.74, 6) is 0. The van der Waals surface area contributed by atoms with Crippen molar-refractivity contribution in [2.24, 2.45) is 0 Å². The third-order valence-electron chi connectivity index (χ3n) is 7.28. The summed E-state index contributed by atoms with van der Waals surface area (Å²) in [4.78, 5) is 0. The first-order valence-electron chi connectivity index (χ1n) is 16.7. The summed E-state index contributed by atoms with van der Waals surface area (Å²) in [6, 6.07) is 0. The molecular weight excluding hydrogens is 598 g/mol. The third kappa shape index (κ3) is 34.8. The molecule has 4 heteroatoms. The second-order valence-corrected chi connectivity index (χ2v) is 17.4. The SMILES string of the molecule is CCCCCCCCCCOC(CCCCC/C=C\CCC[P+](C)(C)C)OCCCCCCCCCC.[I-]. The zero-order valence-electron chi connectivity index (χ0n) is 26.8. The molecule has 0 heterocycles. The monoisotopic (exact) mass is 668 g/mol. The first-order valence-corrected chi connectivity index (χ1v) is 20.0. The predicted molar refractivity (Wildman–Crippen MR) is 172 cm³/mol. The van der Waals surface area contributed by atoms with Crippen LogP contribution in [0.25, 0.3) is 0 Å². The molecule has 0 aromatic heterocycles. The van der Waals surface area contributed by atoms with Crippen molar-refractivity contribution >= 4 is 7.26 Å². The molecule has 0 radical (unpaired) electrons. The number of hydrogen-bond acceptors (Lipinski definition) is 2. The summed E-state index contributed by atoms with van der Waals surface area (Å²) in [6.45, 7) is 13.7. The Kier molecular flexibility index (Phi) is 34.9. The molecular formula is C34H70IO2P. The highest BCUT2D eigenvalue weighted by Gasteiger charge is 2.15. The van der Waals surface area contributed by atoms with Crippen LogP contribution in [0.2, 0.25) is 0 Å². The van der Waals surface area contributed by atoms with E-state index in [2.05, 4.69) is 46.0 Å². The van der Waals surface area contributed by atoms with Gasteiger partial charge in [-0.1, -0.05) is 122 Å². The van der Waals surface area contributed by atoms with Crippen LogP contribution in [0.5, 0.6) is 0 Å².